The van der Waals surface area contributed by atoms with Crippen LogP contribution in [0.15, 0.2) is 30.5 Å². The molecule has 4 nitrogen and oxygen atoms in total. The van der Waals surface area contributed by atoms with E-state index in [0.717, 1.165) is 17.8 Å². The molecule has 0 aliphatic carbocycles. The molecular formula is C13H11ClFN3O. The molecule has 0 fully saturated rings. The number of nitrogen functional groups attached to an aromatic ring is 1. The van der Waals surface area contributed by atoms with Crippen molar-refractivity contribution in [1.82, 2.24) is 4.98 Å². The van der Waals surface area contributed by atoms with Gasteiger partial charge in [-0.3, -0.25) is 4.79 Å². The van der Waals surface area contributed by atoms with Crippen LogP contribution in [0.25, 0.3) is 0 Å². The number of hydrogen-bond donors (Lipinski definition) is 2. The number of nitrogens with zero attached hydrogens (tertiary/aromatic N) is 1. The Bertz CT molecular complexity index is 646. The molecule has 0 saturated heterocycles. The van der Waals surface area contributed by atoms with E-state index in [0.29, 0.717) is 10.7 Å². The summed E-state index contributed by atoms with van der Waals surface area (Å²) < 4.78 is 13.0. The first-order valence-electron chi connectivity index (χ1n) is 5.46. The van der Waals surface area contributed by atoms with E-state index in [-0.39, 0.29) is 11.4 Å². The summed E-state index contributed by atoms with van der Waals surface area (Å²) in [5, 5.41) is 3.11. The molecule has 0 atom stereocenters. The number of nitrogens with two attached hydrogens (primary N) is 1. The molecule has 2 aromatic rings. The maximum Gasteiger partial charge on any atom is 0.259 e. The number of halogens is 2. The third-order valence-corrected chi connectivity index (χ3v) is 2.97. The van der Waals surface area contributed by atoms with Crippen LogP contribution in [0.5, 0.6) is 0 Å². The van der Waals surface area contributed by atoms with Gasteiger partial charge in [0.25, 0.3) is 5.91 Å². The van der Waals surface area contributed by atoms with Crippen LogP contribution < -0.4 is 11.1 Å². The van der Waals surface area contributed by atoms with Crippen LogP contribution in [0, 0.1) is 12.7 Å². The van der Waals surface area contributed by atoms with Crippen molar-refractivity contribution >= 4 is 29.0 Å². The average molecular weight is 280 g/mol. The Balaban J connectivity index is 2.25. The molecule has 2 rings (SSSR count). The van der Waals surface area contributed by atoms with Gasteiger partial charge in [0.05, 0.1) is 11.8 Å². The standard InChI is InChI=1S/C13H11ClFN3O/c1-7-2-3-9(5-11(7)14)18-13(19)10-4-8(15)6-17-12(10)16/h2-6H,1H3,(H2,16,17)(H,18,19). The van der Waals surface area contributed by atoms with Crippen LogP contribution in [0.3, 0.4) is 0 Å². The Morgan fingerprint density at radius 2 is 2.16 bits per heavy atom. The van der Waals surface area contributed by atoms with E-state index in [1.807, 2.05) is 6.92 Å². The largest absolute Gasteiger partial charge is 0.383 e. The molecule has 0 aliphatic rings. The molecule has 0 aliphatic heterocycles. The van der Waals surface area contributed by atoms with Crippen LogP contribution in [0.1, 0.15) is 15.9 Å². The van der Waals surface area contributed by atoms with Crippen molar-refractivity contribution in [3.8, 4) is 0 Å². The number of aromatic nitrogens is 1. The van der Waals surface area contributed by atoms with E-state index in [1.165, 1.54) is 0 Å². The molecule has 0 saturated carbocycles. The highest BCUT2D eigenvalue weighted by atomic mass is 35.5. The van der Waals surface area contributed by atoms with Gasteiger partial charge in [-0.25, -0.2) is 9.37 Å². The van der Waals surface area contributed by atoms with E-state index in [1.54, 1.807) is 18.2 Å². The van der Waals surface area contributed by atoms with Crippen molar-refractivity contribution in [2.45, 2.75) is 6.92 Å². The van der Waals surface area contributed by atoms with Gasteiger partial charge >= 0.3 is 0 Å². The predicted octanol–water partition coefficient (Wildman–Crippen LogP) is 3.02. The Morgan fingerprint density at radius 1 is 1.42 bits per heavy atom. The fourth-order valence-corrected chi connectivity index (χ4v) is 1.68. The molecule has 1 aromatic heterocycles. The quantitative estimate of drug-likeness (QED) is 0.888. The van der Waals surface area contributed by atoms with E-state index >= 15 is 0 Å². The van der Waals surface area contributed by atoms with Gasteiger partial charge in [0.2, 0.25) is 0 Å². The van der Waals surface area contributed by atoms with E-state index in [4.69, 9.17) is 17.3 Å². The number of anilines is 2. The summed E-state index contributed by atoms with van der Waals surface area (Å²) in [6.45, 7) is 1.85. The Morgan fingerprint density at radius 3 is 2.84 bits per heavy atom. The number of rotatable bonds is 2. The number of benzene rings is 1. The van der Waals surface area contributed by atoms with Gasteiger partial charge in [0.1, 0.15) is 11.6 Å². The summed E-state index contributed by atoms with van der Waals surface area (Å²) in [4.78, 5) is 15.5. The minimum Gasteiger partial charge on any atom is -0.383 e. The van der Waals surface area contributed by atoms with Gasteiger partial charge in [0.15, 0.2) is 0 Å². The van der Waals surface area contributed by atoms with E-state index in [9.17, 15) is 9.18 Å². The minimum absolute atomic E-state index is 0.0169. The molecule has 0 unspecified atom stereocenters. The SMILES string of the molecule is Cc1ccc(NC(=O)c2cc(F)cnc2N)cc1Cl. The van der Waals surface area contributed by atoms with Gasteiger partial charge < -0.3 is 11.1 Å². The third-order valence-electron chi connectivity index (χ3n) is 2.56. The van der Waals surface area contributed by atoms with Crippen LogP contribution in [0.2, 0.25) is 5.02 Å². The zero-order valence-electron chi connectivity index (χ0n) is 10.1. The zero-order valence-corrected chi connectivity index (χ0v) is 10.8. The third kappa shape index (κ3) is 3.00. The lowest BCUT2D eigenvalue weighted by Crippen LogP contribution is -2.15. The van der Waals surface area contributed by atoms with Gasteiger partial charge in [0, 0.05) is 10.7 Å². The Hall–Kier alpha value is -2.14. The second kappa shape index (κ2) is 5.24. The van der Waals surface area contributed by atoms with Gasteiger partial charge in [-0.05, 0) is 30.7 Å². The number of pyridine rings is 1. The van der Waals surface area contributed by atoms with Crippen LogP contribution in [-0.4, -0.2) is 10.9 Å². The molecule has 0 spiro atoms. The van der Waals surface area contributed by atoms with Crippen molar-refractivity contribution in [1.29, 1.82) is 0 Å². The lowest BCUT2D eigenvalue weighted by molar-refractivity contribution is 0.102. The maximum absolute atomic E-state index is 13.0. The molecule has 1 aromatic carbocycles. The van der Waals surface area contributed by atoms with Crippen molar-refractivity contribution in [2.75, 3.05) is 11.1 Å². The van der Waals surface area contributed by atoms with Crippen LogP contribution >= 0.6 is 11.6 Å². The molecule has 19 heavy (non-hydrogen) atoms. The Kier molecular flexibility index (Phi) is 3.66. The lowest BCUT2D eigenvalue weighted by atomic mass is 10.2. The van der Waals surface area contributed by atoms with Crippen molar-refractivity contribution in [3.63, 3.8) is 0 Å². The summed E-state index contributed by atoms with van der Waals surface area (Å²) >= 11 is 5.95. The fourth-order valence-electron chi connectivity index (χ4n) is 1.50. The Labute approximate surface area is 114 Å². The highest BCUT2D eigenvalue weighted by Gasteiger charge is 2.12. The number of hydrogen-bond acceptors (Lipinski definition) is 3. The van der Waals surface area contributed by atoms with Gasteiger partial charge in [-0.1, -0.05) is 17.7 Å². The topological polar surface area (TPSA) is 68.0 Å². The first kappa shape index (κ1) is 13.3. The van der Waals surface area contributed by atoms with E-state index in [2.05, 4.69) is 10.3 Å². The molecule has 98 valence electrons. The second-order valence-electron chi connectivity index (χ2n) is 4.00. The molecule has 1 heterocycles. The summed E-state index contributed by atoms with van der Waals surface area (Å²) in [5.41, 5.74) is 6.92. The van der Waals surface area contributed by atoms with Gasteiger partial charge in [-0.2, -0.15) is 0 Å². The van der Waals surface area contributed by atoms with Crippen molar-refractivity contribution in [2.24, 2.45) is 0 Å². The monoisotopic (exact) mass is 279 g/mol. The highest BCUT2D eigenvalue weighted by molar-refractivity contribution is 6.31. The predicted molar refractivity (Wildman–Crippen MR) is 72.7 cm³/mol. The minimum atomic E-state index is -0.624. The number of aryl methyl sites for hydroxylation is 1. The number of carbonyl (C=O) groups excluding carboxylic acids is 1. The number of nitrogens with one attached hydrogen (secondary N) is 1. The lowest BCUT2D eigenvalue weighted by Gasteiger charge is -2.08. The van der Waals surface area contributed by atoms with Crippen LogP contribution in [0.4, 0.5) is 15.9 Å². The smallest absolute Gasteiger partial charge is 0.259 e. The molecule has 0 radical (unpaired) electrons. The first-order valence-corrected chi connectivity index (χ1v) is 5.83. The summed E-state index contributed by atoms with van der Waals surface area (Å²) in [6, 6.07) is 6.11. The first-order chi connectivity index (χ1) is 8.97. The van der Waals surface area contributed by atoms with E-state index < -0.39 is 11.7 Å². The second-order valence-corrected chi connectivity index (χ2v) is 4.41. The molecule has 6 heteroatoms. The zero-order chi connectivity index (χ0) is 14.0. The summed E-state index contributed by atoms with van der Waals surface area (Å²) in [6.07, 6.45) is 0.953. The fraction of sp³-hybridized carbons (Fsp3) is 0.0769. The number of carbonyl (C=O) groups is 1. The summed E-state index contributed by atoms with van der Waals surface area (Å²) in [7, 11) is 0. The molecule has 0 bridgehead atoms. The molecule has 1 amide bonds. The molecular weight excluding hydrogens is 269 g/mol. The normalized spacial score (nSPS) is 10.3. The number of amides is 1. The highest BCUT2D eigenvalue weighted by Crippen LogP contribution is 2.21. The summed E-state index contributed by atoms with van der Waals surface area (Å²) in [5.74, 6) is -1.19. The van der Waals surface area contributed by atoms with Crippen molar-refractivity contribution in [3.05, 3.63) is 52.4 Å². The average Bonchev–Trinajstić information content (AvgIpc) is 2.36. The molecule has 3 N–H and O–H groups in total. The van der Waals surface area contributed by atoms with Gasteiger partial charge in [-0.15, -0.1) is 0 Å². The maximum atomic E-state index is 13.0. The van der Waals surface area contributed by atoms with Crippen LogP contribution in [-0.2, 0) is 0 Å². The van der Waals surface area contributed by atoms with Crippen molar-refractivity contribution < 1.29 is 9.18 Å².